The second-order valence-electron chi connectivity index (χ2n) is 5.08. The molecule has 5 heteroatoms. The van der Waals surface area contributed by atoms with Gasteiger partial charge in [0, 0.05) is 29.1 Å². The Morgan fingerprint density at radius 2 is 2.14 bits per heavy atom. The minimum Gasteiger partial charge on any atom is -0.497 e. The van der Waals surface area contributed by atoms with Crippen molar-refractivity contribution in [2.45, 2.75) is 25.4 Å². The van der Waals surface area contributed by atoms with Crippen molar-refractivity contribution in [2.75, 3.05) is 14.2 Å². The maximum Gasteiger partial charge on any atom is 0.127 e. The summed E-state index contributed by atoms with van der Waals surface area (Å²) < 4.78 is 11.5. The molecule has 21 heavy (non-hydrogen) atoms. The van der Waals surface area contributed by atoms with Gasteiger partial charge in [0.15, 0.2) is 0 Å². The highest BCUT2D eigenvalue weighted by atomic mass is 35.5. The van der Waals surface area contributed by atoms with E-state index in [0.717, 1.165) is 40.8 Å². The molecule has 112 valence electrons. The monoisotopic (exact) mass is 323 g/mol. The number of halogens is 1. The Hall–Kier alpha value is -1.23. The Morgan fingerprint density at radius 1 is 1.29 bits per heavy atom. The highest BCUT2D eigenvalue weighted by molar-refractivity contribution is 7.16. The average molecular weight is 324 g/mol. The number of ether oxygens (including phenoxy) is 2. The summed E-state index contributed by atoms with van der Waals surface area (Å²) in [5.74, 6) is 1.66. The number of hydrogen-bond donors (Lipinski definition) is 1. The molecule has 0 spiro atoms. The van der Waals surface area contributed by atoms with Gasteiger partial charge in [-0.25, -0.2) is 0 Å². The second-order valence-corrected chi connectivity index (χ2v) is 6.85. The third-order valence-electron chi connectivity index (χ3n) is 3.88. The Balaban J connectivity index is 1.71. The molecule has 1 aliphatic rings. The van der Waals surface area contributed by atoms with Crippen LogP contribution < -0.4 is 14.8 Å². The minimum absolute atomic E-state index is 0.385. The van der Waals surface area contributed by atoms with Gasteiger partial charge in [-0.2, -0.15) is 0 Å². The summed E-state index contributed by atoms with van der Waals surface area (Å²) in [6.45, 7) is 0.769. The first-order valence-electron chi connectivity index (χ1n) is 6.93. The first kappa shape index (κ1) is 14.7. The molecule has 0 radical (unpaired) electrons. The number of benzene rings is 1. The van der Waals surface area contributed by atoms with Crippen molar-refractivity contribution in [2.24, 2.45) is 0 Å². The molecule has 2 aromatic rings. The van der Waals surface area contributed by atoms with E-state index in [1.807, 2.05) is 18.2 Å². The molecule has 3 nitrogen and oxygen atoms in total. The Labute approximate surface area is 133 Å². The summed E-state index contributed by atoms with van der Waals surface area (Å²) >= 11 is 7.80. The molecule has 1 aliphatic carbocycles. The van der Waals surface area contributed by atoms with E-state index in [2.05, 4.69) is 11.4 Å². The summed E-state index contributed by atoms with van der Waals surface area (Å²) in [7, 11) is 3.34. The molecule has 1 atom stereocenters. The van der Waals surface area contributed by atoms with Crippen molar-refractivity contribution in [1.29, 1.82) is 0 Å². The number of rotatable bonds is 5. The van der Waals surface area contributed by atoms with Gasteiger partial charge >= 0.3 is 0 Å². The van der Waals surface area contributed by atoms with Gasteiger partial charge in [0.05, 0.1) is 18.6 Å². The smallest absolute Gasteiger partial charge is 0.127 e. The zero-order valence-electron chi connectivity index (χ0n) is 12.1. The van der Waals surface area contributed by atoms with Crippen molar-refractivity contribution in [1.82, 2.24) is 5.32 Å². The number of fused-ring (bicyclic) bond motifs is 1. The molecule has 1 N–H and O–H groups in total. The topological polar surface area (TPSA) is 30.5 Å². The quantitative estimate of drug-likeness (QED) is 0.894. The van der Waals surface area contributed by atoms with Gasteiger partial charge in [0.2, 0.25) is 0 Å². The Kier molecular flexibility index (Phi) is 4.38. The molecule has 1 heterocycles. The molecular formula is C16H18ClNO2S. The number of methoxy groups -OCH3 is 2. The van der Waals surface area contributed by atoms with Crippen LogP contribution in [0.2, 0.25) is 4.34 Å². The van der Waals surface area contributed by atoms with Crippen LogP contribution in [0.4, 0.5) is 0 Å². The summed E-state index contributed by atoms with van der Waals surface area (Å²) in [6.07, 6.45) is 2.25. The van der Waals surface area contributed by atoms with Crippen molar-refractivity contribution in [3.05, 3.63) is 44.6 Å². The lowest BCUT2D eigenvalue weighted by Crippen LogP contribution is -2.18. The minimum atomic E-state index is 0.385. The van der Waals surface area contributed by atoms with Crippen molar-refractivity contribution in [3.63, 3.8) is 0 Å². The maximum atomic E-state index is 6.10. The molecular weight excluding hydrogens is 306 g/mol. The van der Waals surface area contributed by atoms with Gasteiger partial charge in [-0.05, 0) is 30.5 Å². The van der Waals surface area contributed by atoms with Crippen LogP contribution in [0.15, 0.2) is 24.3 Å². The molecule has 0 amide bonds. The van der Waals surface area contributed by atoms with Crippen LogP contribution in [0.1, 0.15) is 28.5 Å². The number of thiophene rings is 1. The van der Waals surface area contributed by atoms with Crippen molar-refractivity contribution < 1.29 is 9.47 Å². The van der Waals surface area contributed by atoms with Crippen LogP contribution in [0.5, 0.6) is 11.5 Å². The van der Waals surface area contributed by atoms with Crippen molar-refractivity contribution >= 4 is 22.9 Å². The molecule has 0 saturated heterocycles. The molecule has 1 aromatic heterocycles. The van der Waals surface area contributed by atoms with Crippen LogP contribution in [0.25, 0.3) is 0 Å². The van der Waals surface area contributed by atoms with E-state index < -0.39 is 0 Å². The maximum absolute atomic E-state index is 6.10. The summed E-state index contributed by atoms with van der Waals surface area (Å²) in [4.78, 5) is 1.42. The summed E-state index contributed by atoms with van der Waals surface area (Å²) in [5, 5.41) is 3.61. The fourth-order valence-corrected chi connectivity index (χ4v) is 4.13. The summed E-state index contributed by atoms with van der Waals surface area (Å²) in [5.41, 5.74) is 2.49. The second kappa shape index (κ2) is 6.26. The zero-order chi connectivity index (χ0) is 14.8. The molecule has 3 rings (SSSR count). The predicted molar refractivity (Wildman–Crippen MR) is 86.8 cm³/mol. The molecule has 1 unspecified atom stereocenters. The van der Waals surface area contributed by atoms with E-state index in [9.17, 15) is 0 Å². The van der Waals surface area contributed by atoms with E-state index >= 15 is 0 Å². The van der Waals surface area contributed by atoms with Gasteiger partial charge in [-0.3, -0.25) is 0 Å². The number of nitrogens with one attached hydrogen (secondary N) is 1. The van der Waals surface area contributed by atoms with Crippen LogP contribution in [0.3, 0.4) is 0 Å². The van der Waals surface area contributed by atoms with Gasteiger partial charge < -0.3 is 14.8 Å². The van der Waals surface area contributed by atoms with E-state index in [1.165, 1.54) is 10.4 Å². The molecule has 0 aliphatic heterocycles. The fraction of sp³-hybridized carbons (Fsp3) is 0.375. The predicted octanol–water partition coefficient (Wildman–Crippen LogP) is 4.20. The van der Waals surface area contributed by atoms with Crippen LogP contribution in [0, 0.1) is 0 Å². The molecule has 0 saturated carbocycles. The van der Waals surface area contributed by atoms with Crippen molar-refractivity contribution in [3.8, 4) is 11.5 Å². The van der Waals surface area contributed by atoms with Crippen LogP contribution in [-0.4, -0.2) is 14.2 Å². The van der Waals surface area contributed by atoms with Gasteiger partial charge in [0.1, 0.15) is 11.5 Å². The number of hydrogen-bond acceptors (Lipinski definition) is 4. The fourth-order valence-electron chi connectivity index (χ4n) is 2.77. The van der Waals surface area contributed by atoms with E-state index in [0.29, 0.717) is 6.04 Å². The van der Waals surface area contributed by atoms with Crippen LogP contribution >= 0.6 is 22.9 Å². The van der Waals surface area contributed by atoms with E-state index in [1.54, 1.807) is 25.6 Å². The first-order chi connectivity index (χ1) is 10.2. The average Bonchev–Trinajstić information content (AvgIpc) is 3.04. The van der Waals surface area contributed by atoms with Crippen LogP contribution in [-0.2, 0) is 13.0 Å². The standard InChI is InChI=1S/C16H18ClNO2S/c1-19-11-4-3-10(14(7-11)20-2)9-18-13-5-6-15-12(13)8-16(17)21-15/h3-4,7-8,13,18H,5-6,9H2,1-2H3. The SMILES string of the molecule is COc1ccc(CNC2CCc3sc(Cl)cc32)c(OC)c1. The summed E-state index contributed by atoms with van der Waals surface area (Å²) in [6, 6.07) is 8.40. The van der Waals surface area contributed by atoms with Gasteiger partial charge in [0.25, 0.3) is 0 Å². The molecule has 0 bridgehead atoms. The zero-order valence-corrected chi connectivity index (χ0v) is 13.7. The van der Waals surface area contributed by atoms with Gasteiger partial charge in [-0.15, -0.1) is 11.3 Å². The normalized spacial score (nSPS) is 16.8. The lowest BCUT2D eigenvalue weighted by Gasteiger charge is -2.15. The van der Waals surface area contributed by atoms with E-state index in [4.69, 9.17) is 21.1 Å². The largest absolute Gasteiger partial charge is 0.497 e. The Bertz CT molecular complexity index is 641. The van der Waals surface area contributed by atoms with Gasteiger partial charge in [-0.1, -0.05) is 17.7 Å². The number of aryl methyl sites for hydroxylation is 1. The highest BCUT2D eigenvalue weighted by Crippen LogP contribution is 2.39. The highest BCUT2D eigenvalue weighted by Gasteiger charge is 2.24. The molecule has 1 aromatic carbocycles. The third-order valence-corrected chi connectivity index (χ3v) is 5.22. The lowest BCUT2D eigenvalue weighted by atomic mass is 10.1. The molecule has 0 fully saturated rings. The third kappa shape index (κ3) is 3.03. The lowest BCUT2D eigenvalue weighted by molar-refractivity contribution is 0.388. The van der Waals surface area contributed by atoms with E-state index in [-0.39, 0.29) is 0 Å². The first-order valence-corrected chi connectivity index (χ1v) is 8.13. The Morgan fingerprint density at radius 3 is 2.90 bits per heavy atom.